The zero-order valence-corrected chi connectivity index (χ0v) is 33.5. The van der Waals surface area contributed by atoms with Gasteiger partial charge in [0, 0.05) is 61.2 Å². The molecule has 0 saturated carbocycles. The minimum absolute atomic E-state index is 0.0702. The lowest BCUT2D eigenvalue weighted by atomic mass is 10.0. The van der Waals surface area contributed by atoms with Crippen molar-refractivity contribution in [1.29, 1.82) is 0 Å². The monoisotopic (exact) mass is 774 g/mol. The predicted molar refractivity (Wildman–Crippen MR) is 217 cm³/mol. The number of unbranched alkanes of at least 4 members (excludes halogenated alkanes) is 3. The van der Waals surface area contributed by atoms with Crippen molar-refractivity contribution >= 4 is 33.4 Å². The van der Waals surface area contributed by atoms with Gasteiger partial charge < -0.3 is 39.9 Å². The molecule has 290 valence electrons. The van der Waals surface area contributed by atoms with Crippen LogP contribution in [0.2, 0.25) is 0 Å². The first-order valence-electron chi connectivity index (χ1n) is 19.1. The van der Waals surface area contributed by atoms with E-state index in [1.54, 1.807) is 14.2 Å². The topological polar surface area (TPSA) is 147 Å². The Labute approximate surface area is 326 Å². The number of amides is 2. The van der Waals surface area contributed by atoms with Gasteiger partial charge in [-0.15, -0.1) is 0 Å². The largest absolute Gasteiger partial charge is 0.496 e. The van der Waals surface area contributed by atoms with E-state index in [4.69, 9.17) is 30.9 Å². The number of aromatic nitrogens is 4. The summed E-state index contributed by atoms with van der Waals surface area (Å²) in [5, 5.41) is 0. The van der Waals surface area contributed by atoms with Crippen LogP contribution in [-0.2, 0) is 22.7 Å². The lowest BCUT2D eigenvalue weighted by Crippen LogP contribution is -2.50. The van der Waals surface area contributed by atoms with Crippen LogP contribution in [0.1, 0.15) is 76.1 Å². The van der Waals surface area contributed by atoms with Crippen LogP contribution in [0.4, 0.5) is 0 Å². The van der Waals surface area contributed by atoms with E-state index in [-0.39, 0.29) is 23.9 Å². The Morgan fingerprint density at radius 2 is 1.20 bits per heavy atom. The second-order valence-corrected chi connectivity index (χ2v) is 16.4. The Hall–Kier alpha value is -3.98. The molecule has 54 heavy (non-hydrogen) atoms. The summed E-state index contributed by atoms with van der Waals surface area (Å²) in [7, 11) is 6.31. The number of hydrogen-bond donors (Lipinski definition) is 2. The molecule has 4 heterocycles. The van der Waals surface area contributed by atoms with Crippen molar-refractivity contribution in [3.63, 3.8) is 0 Å². The molecule has 2 amide bonds. The van der Waals surface area contributed by atoms with Gasteiger partial charge >= 0.3 is 0 Å². The van der Waals surface area contributed by atoms with Crippen LogP contribution >= 0.6 is 21.6 Å². The van der Waals surface area contributed by atoms with Crippen LogP contribution in [0.3, 0.4) is 0 Å². The number of carbonyl (C=O) groups is 2. The first-order chi connectivity index (χ1) is 26.3. The Morgan fingerprint density at radius 1 is 0.722 bits per heavy atom. The Kier molecular flexibility index (Phi) is 13.7. The van der Waals surface area contributed by atoms with Gasteiger partial charge in [-0.3, -0.25) is 9.59 Å². The molecular weight excluding hydrogens is 721 g/mol. The zero-order chi connectivity index (χ0) is 38.2. The zero-order valence-electron chi connectivity index (χ0n) is 31.9. The van der Waals surface area contributed by atoms with E-state index in [2.05, 4.69) is 29.2 Å². The normalized spacial score (nSPS) is 17.8. The van der Waals surface area contributed by atoms with Crippen LogP contribution < -0.4 is 20.9 Å². The fourth-order valence-electron chi connectivity index (χ4n) is 7.54. The summed E-state index contributed by atoms with van der Waals surface area (Å²) >= 11 is 0. The van der Waals surface area contributed by atoms with Crippen molar-refractivity contribution in [3.05, 3.63) is 72.6 Å². The molecule has 0 spiro atoms. The van der Waals surface area contributed by atoms with Crippen LogP contribution in [0.5, 0.6) is 11.5 Å². The molecule has 2 aliphatic rings. The third kappa shape index (κ3) is 8.61. The average molecular weight is 775 g/mol. The van der Waals surface area contributed by atoms with E-state index in [1.165, 1.54) is 21.6 Å². The van der Waals surface area contributed by atoms with Crippen molar-refractivity contribution in [2.24, 2.45) is 11.5 Å². The number of rotatable bonds is 17. The molecule has 12 nitrogen and oxygen atoms in total. The number of benzene rings is 2. The summed E-state index contributed by atoms with van der Waals surface area (Å²) in [6.07, 6.45) is 10.1. The second-order valence-electron chi connectivity index (χ2n) is 13.9. The Bertz CT molecular complexity index is 1880. The van der Waals surface area contributed by atoms with Gasteiger partial charge in [0.2, 0.25) is 11.8 Å². The molecule has 0 aliphatic carbocycles. The van der Waals surface area contributed by atoms with E-state index >= 15 is 0 Å². The summed E-state index contributed by atoms with van der Waals surface area (Å²) in [4.78, 5) is 41.5. The molecule has 2 aromatic heterocycles. The SMILES string of the molecule is CCCCCCC1c2nc(-c3ccccc3OC)cn2CCN1C(=O)[C@@H](N)CSSC[C@H](N)C(=O)N1CCn2cc(-c3ccccc3OC)nc2[C@@H]1CC. The summed E-state index contributed by atoms with van der Waals surface area (Å²) in [6, 6.07) is 14.0. The lowest BCUT2D eigenvalue weighted by Gasteiger charge is -2.37. The van der Waals surface area contributed by atoms with Gasteiger partial charge in [0.1, 0.15) is 23.1 Å². The first kappa shape index (κ1) is 39.7. The van der Waals surface area contributed by atoms with Crippen LogP contribution in [0.25, 0.3) is 22.5 Å². The van der Waals surface area contributed by atoms with Gasteiger partial charge in [0.15, 0.2) is 0 Å². The summed E-state index contributed by atoms with van der Waals surface area (Å²) in [6.45, 7) is 6.69. The van der Waals surface area contributed by atoms with Crippen LogP contribution in [0.15, 0.2) is 60.9 Å². The highest BCUT2D eigenvalue weighted by atomic mass is 33.1. The number of methoxy groups -OCH3 is 2. The molecule has 0 saturated heterocycles. The minimum Gasteiger partial charge on any atom is -0.496 e. The quantitative estimate of drug-likeness (QED) is 0.0924. The Morgan fingerprint density at radius 3 is 1.69 bits per heavy atom. The van der Waals surface area contributed by atoms with Crippen molar-refractivity contribution in [2.45, 2.75) is 89.6 Å². The number of nitrogens with two attached hydrogens (primary N) is 2. The minimum atomic E-state index is -0.690. The molecule has 4 aromatic rings. The van der Waals surface area contributed by atoms with Gasteiger partial charge in [0.05, 0.1) is 49.8 Å². The van der Waals surface area contributed by atoms with Crippen molar-refractivity contribution in [2.75, 3.05) is 38.8 Å². The van der Waals surface area contributed by atoms with Gasteiger partial charge in [-0.25, -0.2) is 9.97 Å². The smallest absolute Gasteiger partial charge is 0.241 e. The van der Waals surface area contributed by atoms with E-state index < -0.39 is 12.1 Å². The maximum Gasteiger partial charge on any atom is 0.241 e. The van der Waals surface area contributed by atoms with Crippen LogP contribution in [-0.4, -0.2) is 91.6 Å². The molecule has 4 N–H and O–H groups in total. The number of para-hydroxylation sites is 2. The van der Waals surface area contributed by atoms with Crippen molar-refractivity contribution in [3.8, 4) is 34.0 Å². The van der Waals surface area contributed by atoms with Gasteiger partial charge in [0.25, 0.3) is 0 Å². The second kappa shape index (κ2) is 18.6. The summed E-state index contributed by atoms with van der Waals surface area (Å²) < 4.78 is 15.5. The molecule has 0 radical (unpaired) electrons. The molecule has 14 heteroatoms. The molecule has 2 aliphatic heterocycles. The summed E-state index contributed by atoms with van der Waals surface area (Å²) in [5.74, 6) is 3.94. The highest BCUT2D eigenvalue weighted by Gasteiger charge is 2.36. The fraction of sp³-hybridized carbons (Fsp3) is 0.500. The van der Waals surface area contributed by atoms with E-state index in [0.29, 0.717) is 37.7 Å². The number of fused-ring (bicyclic) bond motifs is 2. The first-order valence-corrected chi connectivity index (χ1v) is 21.6. The van der Waals surface area contributed by atoms with Gasteiger partial charge in [-0.2, -0.15) is 0 Å². The number of nitrogens with zero attached hydrogens (tertiary/aromatic N) is 6. The van der Waals surface area contributed by atoms with Crippen molar-refractivity contribution in [1.82, 2.24) is 28.9 Å². The maximum atomic E-state index is 13.9. The molecule has 1 unspecified atom stereocenters. The van der Waals surface area contributed by atoms with E-state index in [0.717, 1.165) is 84.2 Å². The number of hydrogen-bond acceptors (Lipinski definition) is 10. The third-order valence-electron chi connectivity index (χ3n) is 10.4. The fourth-order valence-corrected chi connectivity index (χ4v) is 9.76. The van der Waals surface area contributed by atoms with E-state index in [9.17, 15) is 9.59 Å². The van der Waals surface area contributed by atoms with Gasteiger partial charge in [-0.05, 0) is 37.1 Å². The van der Waals surface area contributed by atoms with Crippen LogP contribution in [0, 0.1) is 0 Å². The molecular formula is C40H54N8O4S2. The highest BCUT2D eigenvalue weighted by Crippen LogP contribution is 2.37. The predicted octanol–water partition coefficient (Wildman–Crippen LogP) is 6.31. The van der Waals surface area contributed by atoms with E-state index in [1.807, 2.05) is 64.5 Å². The number of ether oxygens (including phenoxy) is 2. The molecule has 2 aromatic carbocycles. The Balaban J connectivity index is 1.05. The number of imidazole rings is 2. The maximum absolute atomic E-state index is 13.9. The number of carbonyl (C=O) groups excluding carboxylic acids is 2. The van der Waals surface area contributed by atoms with Gasteiger partial charge in [-0.1, -0.05) is 85.4 Å². The highest BCUT2D eigenvalue weighted by molar-refractivity contribution is 8.76. The standard InChI is InChI=1S/C40H54N8O4S2/c1-5-7-8-9-16-34-38-44-32(28-15-11-13-18-36(28)52-4)24-46(38)20-22-48(34)40(50)30(42)26-54-53-25-29(41)39(49)47-21-19-45-23-31(43-37(45)33(47)6-2)27-14-10-12-17-35(27)51-3/h10-15,17-18,23-24,29-30,33-34H,5-9,16,19-22,25-26,41-42H2,1-4H3/t29-,30-,33-,34?/m0/s1. The summed E-state index contributed by atoms with van der Waals surface area (Å²) in [5.41, 5.74) is 16.6. The molecule has 4 atom stereocenters. The lowest BCUT2D eigenvalue weighted by molar-refractivity contribution is -0.136. The third-order valence-corrected chi connectivity index (χ3v) is 12.9. The molecule has 0 fully saturated rings. The average Bonchev–Trinajstić information content (AvgIpc) is 3.85. The molecule has 6 rings (SSSR count). The van der Waals surface area contributed by atoms with Crippen molar-refractivity contribution < 1.29 is 19.1 Å². The molecule has 0 bridgehead atoms.